The SMILES string of the molecule is CCCCCC/C=C\CCCC(=O)OCC(COC(=O)CCCCCCCCCCCCCCCCC)OC(=O)CCC/C=C\CCCCCC. The Morgan fingerprint density at radius 1 is 0.373 bits per heavy atom. The second-order valence-corrected chi connectivity index (χ2v) is 14.6. The first-order chi connectivity index (χ1) is 25.0. The molecule has 0 aliphatic heterocycles. The molecular weight excluding hydrogens is 636 g/mol. The molecule has 0 amide bonds. The van der Waals surface area contributed by atoms with Gasteiger partial charge in [0.15, 0.2) is 6.10 Å². The number of esters is 3. The second-order valence-electron chi connectivity index (χ2n) is 14.6. The van der Waals surface area contributed by atoms with Crippen LogP contribution in [0.5, 0.6) is 0 Å². The van der Waals surface area contributed by atoms with Crippen LogP contribution in [0.2, 0.25) is 0 Å². The number of rotatable bonds is 39. The van der Waals surface area contributed by atoms with Crippen molar-refractivity contribution in [1.82, 2.24) is 0 Å². The van der Waals surface area contributed by atoms with Crippen LogP contribution in [0.3, 0.4) is 0 Å². The summed E-state index contributed by atoms with van der Waals surface area (Å²) in [5, 5.41) is 0. The Morgan fingerprint density at radius 3 is 1.06 bits per heavy atom. The molecule has 0 rings (SSSR count). The molecule has 1 atom stereocenters. The monoisotopic (exact) mass is 719 g/mol. The molecule has 1 unspecified atom stereocenters. The van der Waals surface area contributed by atoms with E-state index in [4.69, 9.17) is 14.2 Å². The van der Waals surface area contributed by atoms with Gasteiger partial charge in [-0.15, -0.1) is 0 Å². The third-order valence-corrected chi connectivity index (χ3v) is 9.43. The van der Waals surface area contributed by atoms with Crippen LogP contribution in [0.4, 0.5) is 0 Å². The number of carbonyl (C=O) groups excluding carboxylic acids is 3. The minimum atomic E-state index is -0.788. The Morgan fingerprint density at radius 2 is 0.667 bits per heavy atom. The van der Waals surface area contributed by atoms with Gasteiger partial charge in [0, 0.05) is 19.3 Å². The molecular formula is C45H82O6. The van der Waals surface area contributed by atoms with Crippen molar-refractivity contribution in [3.8, 4) is 0 Å². The number of hydrogen-bond donors (Lipinski definition) is 0. The van der Waals surface area contributed by atoms with E-state index in [0.29, 0.717) is 19.3 Å². The largest absolute Gasteiger partial charge is 0.462 e. The van der Waals surface area contributed by atoms with Crippen LogP contribution in [-0.4, -0.2) is 37.2 Å². The summed E-state index contributed by atoms with van der Waals surface area (Å²) in [6.07, 6.45) is 43.2. The lowest BCUT2D eigenvalue weighted by atomic mass is 10.0. The van der Waals surface area contributed by atoms with Gasteiger partial charge in [0.1, 0.15) is 13.2 Å². The van der Waals surface area contributed by atoms with Gasteiger partial charge in [0.2, 0.25) is 0 Å². The molecule has 6 nitrogen and oxygen atoms in total. The van der Waals surface area contributed by atoms with E-state index in [0.717, 1.165) is 51.4 Å². The van der Waals surface area contributed by atoms with Crippen LogP contribution in [0.25, 0.3) is 0 Å². The van der Waals surface area contributed by atoms with Gasteiger partial charge in [-0.2, -0.15) is 0 Å². The van der Waals surface area contributed by atoms with E-state index in [2.05, 4.69) is 45.1 Å². The number of unbranched alkanes of at least 4 members (excludes halogenated alkanes) is 24. The van der Waals surface area contributed by atoms with Crippen LogP contribution in [0.1, 0.15) is 226 Å². The number of hydrogen-bond acceptors (Lipinski definition) is 6. The molecule has 0 aromatic heterocycles. The second kappa shape index (κ2) is 40.7. The van der Waals surface area contributed by atoms with Crippen molar-refractivity contribution in [3.05, 3.63) is 24.3 Å². The molecule has 0 N–H and O–H groups in total. The van der Waals surface area contributed by atoms with Gasteiger partial charge in [-0.05, 0) is 57.8 Å². The number of allylic oxidation sites excluding steroid dienone is 4. The summed E-state index contributed by atoms with van der Waals surface area (Å²) >= 11 is 0. The van der Waals surface area contributed by atoms with Crippen LogP contribution >= 0.6 is 0 Å². The van der Waals surface area contributed by atoms with Gasteiger partial charge < -0.3 is 14.2 Å². The van der Waals surface area contributed by atoms with Crippen LogP contribution in [-0.2, 0) is 28.6 Å². The molecule has 0 fully saturated rings. The number of ether oxygens (including phenoxy) is 3. The highest BCUT2D eigenvalue weighted by Gasteiger charge is 2.19. The highest BCUT2D eigenvalue weighted by atomic mass is 16.6. The predicted octanol–water partition coefficient (Wildman–Crippen LogP) is 13.6. The van der Waals surface area contributed by atoms with E-state index in [9.17, 15) is 14.4 Å². The van der Waals surface area contributed by atoms with E-state index in [1.165, 1.54) is 128 Å². The van der Waals surface area contributed by atoms with Crippen LogP contribution in [0, 0.1) is 0 Å². The van der Waals surface area contributed by atoms with E-state index in [1.807, 2.05) is 0 Å². The van der Waals surface area contributed by atoms with Crippen molar-refractivity contribution in [2.45, 2.75) is 232 Å². The van der Waals surface area contributed by atoms with Crippen molar-refractivity contribution in [3.63, 3.8) is 0 Å². The molecule has 0 saturated carbocycles. The highest BCUT2D eigenvalue weighted by Crippen LogP contribution is 2.14. The lowest BCUT2D eigenvalue weighted by molar-refractivity contribution is -0.167. The Bertz CT molecular complexity index is 835. The number of carbonyl (C=O) groups is 3. The molecule has 6 heteroatoms. The normalized spacial score (nSPS) is 12.1. The molecule has 0 aliphatic carbocycles. The van der Waals surface area contributed by atoms with Crippen LogP contribution < -0.4 is 0 Å². The van der Waals surface area contributed by atoms with Crippen molar-refractivity contribution < 1.29 is 28.6 Å². The molecule has 0 aromatic carbocycles. The lowest BCUT2D eigenvalue weighted by Gasteiger charge is -2.18. The zero-order valence-corrected chi connectivity index (χ0v) is 33.9. The highest BCUT2D eigenvalue weighted by molar-refractivity contribution is 5.71. The first-order valence-electron chi connectivity index (χ1n) is 21.8. The van der Waals surface area contributed by atoms with E-state index in [1.54, 1.807) is 0 Å². The molecule has 0 radical (unpaired) electrons. The summed E-state index contributed by atoms with van der Waals surface area (Å²) in [4.78, 5) is 37.5. The van der Waals surface area contributed by atoms with Gasteiger partial charge in [0.25, 0.3) is 0 Å². The summed E-state index contributed by atoms with van der Waals surface area (Å²) in [5.74, 6) is -0.960. The van der Waals surface area contributed by atoms with Crippen molar-refractivity contribution in [1.29, 1.82) is 0 Å². The average molecular weight is 719 g/mol. The maximum absolute atomic E-state index is 12.6. The van der Waals surface area contributed by atoms with Gasteiger partial charge in [0.05, 0.1) is 0 Å². The fourth-order valence-electron chi connectivity index (χ4n) is 6.10. The summed E-state index contributed by atoms with van der Waals surface area (Å²) in [7, 11) is 0. The van der Waals surface area contributed by atoms with E-state index in [-0.39, 0.29) is 37.5 Å². The molecule has 0 spiro atoms. The summed E-state index contributed by atoms with van der Waals surface area (Å²) in [6.45, 7) is 6.51. The molecule has 0 heterocycles. The molecule has 51 heavy (non-hydrogen) atoms. The predicted molar refractivity (Wildman–Crippen MR) is 215 cm³/mol. The first kappa shape index (κ1) is 48.9. The Balaban J connectivity index is 4.33. The smallest absolute Gasteiger partial charge is 0.306 e. The Hall–Kier alpha value is -2.11. The maximum Gasteiger partial charge on any atom is 0.306 e. The quantitative estimate of drug-likeness (QED) is 0.0272. The topological polar surface area (TPSA) is 78.9 Å². The maximum atomic E-state index is 12.6. The molecule has 0 aromatic rings. The third kappa shape index (κ3) is 38.9. The minimum Gasteiger partial charge on any atom is -0.462 e. The van der Waals surface area contributed by atoms with E-state index < -0.39 is 6.10 Å². The first-order valence-corrected chi connectivity index (χ1v) is 21.8. The fourth-order valence-corrected chi connectivity index (χ4v) is 6.10. The summed E-state index contributed by atoms with van der Waals surface area (Å²) in [6, 6.07) is 0. The van der Waals surface area contributed by atoms with Gasteiger partial charge in [-0.25, -0.2) is 0 Å². The fraction of sp³-hybridized carbons (Fsp3) is 0.844. The molecule has 0 aliphatic rings. The zero-order valence-electron chi connectivity index (χ0n) is 33.9. The molecule has 298 valence electrons. The summed E-state index contributed by atoms with van der Waals surface area (Å²) in [5.41, 5.74) is 0. The van der Waals surface area contributed by atoms with Gasteiger partial charge in [-0.3, -0.25) is 14.4 Å². The average Bonchev–Trinajstić information content (AvgIpc) is 3.12. The van der Waals surface area contributed by atoms with Gasteiger partial charge in [-0.1, -0.05) is 173 Å². The van der Waals surface area contributed by atoms with Crippen LogP contribution in [0.15, 0.2) is 24.3 Å². The Labute approximate surface area is 315 Å². The standard InChI is InChI=1S/C45H82O6/c1-4-7-10-13-16-19-20-21-22-23-24-27-29-32-35-38-44(47)50-41-42(51-45(48)39-36-33-30-26-18-15-12-9-6-3)40-49-43(46)37-34-31-28-25-17-14-11-8-5-2/h25-26,28,30,42H,4-24,27,29,31-41H2,1-3H3/b28-25-,30-26-. The summed E-state index contributed by atoms with van der Waals surface area (Å²) < 4.78 is 16.6. The third-order valence-electron chi connectivity index (χ3n) is 9.43. The Kier molecular flexibility index (Phi) is 39.0. The van der Waals surface area contributed by atoms with Crippen molar-refractivity contribution in [2.24, 2.45) is 0 Å². The van der Waals surface area contributed by atoms with Gasteiger partial charge >= 0.3 is 17.9 Å². The zero-order chi connectivity index (χ0) is 37.3. The van der Waals surface area contributed by atoms with E-state index >= 15 is 0 Å². The lowest BCUT2D eigenvalue weighted by Crippen LogP contribution is -2.30. The van der Waals surface area contributed by atoms with Crippen molar-refractivity contribution >= 4 is 17.9 Å². The van der Waals surface area contributed by atoms with Crippen molar-refractivity contribution in [2.75, 3.05) is 13.2 Å². The minimum absolute atomic E-state index is 0.0883. The molecule has 0 bridgehead atoms. The molecule has 0 saturated heterocycles.